The van der Waals surface area contributed by atoms with E-state index in [9.17, 15) is 24.0 Å². The lowest BCUT2D eigenvalue weighted by molar-refractivity contribution is -0.149. The summed E-state index contributed by atoms with van der Waals surface area (Å²) in [5.41, 5.74) is 10.3. The van der Waals surface area contributed by atoms with E-state index in [0.717, 1.165) is 4.90 Å². The van der Waals surface area contributed by atoms with Gasteiger partial charge in [0, 0.05) is 6.54 Å². The second-order valence-electron chi connectivity index (χ2n) is 5.75. The monoisotopic (exact) mass is 357 g/mol. The highest BCUT2D eigenvalue weighted by molar-refractivity contribution is 5.95. The number of aliphatic carboxylic acids is 1. The van der Waals surface area contributed by atoms with Gasteiger partial charge < -0.3 is 32.1 Å². The predicted octanol–water partition coefficient (Wildman–Crippen LogP) is -3.11. The zero-order valence-corrected chi connectivity index (χ0v) is 13.9. The number of hydrogen-bond donors (Lipinski definition) is 5. The lowest BCUT2D eigenvalue weighted by Crippen LogP contribution is -2.56. The molecule has 11 heteroatoms. The number of nitrogens with one attached hydrogen (secondary N) is 2. The van der Waals surface area contributed by atoms with Crippen molar-refractivity contribution in [2.24, 2.45) is 11.5 Å². The van der Waals surface area contributed by atoms with Crippen LogP contribution in [0, 0.1) is 0 Å². The van der Waals surface area contributed by atoms with Crippen LogP contribution in [-0.4, -0.2) is 70.8 Å². The predicted molar refractivity (Wildman–Crippen MR) is 84.8 cm³/mol. The van der Waals surface area contributed by atoms with Crippen molar-refractivity contribution < 1.29 is 29.1 Å². The molecular formula is C14H23N5O6. The van der Waals surface area contributed by atoms with Gasteiger partial charge >= 0.3 is 5.97 Å². The van der Waals surface area contributed by atoms with Crippen LogP contribution in [0.2, 0.25) is 0 Å². The maximum absolute atomic E-state index is 12.6. The molecule has 3 atom stereocenters. The van der Waals surface area contributed by atoms with Crippen molar-refractivity contribution in [2.45, 2.75) is 44.3 Å². The zero-order valence-electron chi connectivity index (χ0n) is 13.9. The van der Waals surface area contributed by atoms with Gasteiger partial charge in [-0.3, -0.25) is 19.2 Å². The van der Waals surface area contributed by atoms with Crippen LogP contribution in [0.5, 0.6) is 0 Å². The zero-order chi connectivity index (χ0) is 19.1. The normalized spacial score (nSPS) is 19.0. The van der Waals surface area contributed by atoms with Crippen molar-refractivity contribution in [2.75, 3.05) is 13.1 Å². The summed E-state index contributed by atoms with van der Waals surface area (Å²) in [5.74, 6) is -3.96. The van der Waals surface area contributed by atoms with Gasteiger partial charge in [-0.05, 0) is 19.8 Å². The van der Waals surface area contributed by atoms with E-state index in [0.29, 0.717) is 12.8 Å². The molecule has 1 heterocycles. The lowest BCUT2D eigenvalue weighted by Gasteiger charge is -2.27. The number of nitrogens with two attached hydrogens (primary N) is 2. The van der Waals surface area contributed by atoms with Gasteiger partial charge in [-0.2, -0.15) is 0 Å². The van der Waals surface area contributed by atoms with Crippen molar-refractivity contribution in [1.29, 1.82) is 0 Å². The highest BCUT2D eigenvalue weighted by Gasteiger charge is 2.38. The van der Waals surface area contributed by atoms with Gasteiger partial charge in [-0.25, -0.2) is 4.79 Å². The minimum Gasteiger partial charge on any atom is -0.480 e. The van der Waals surface area contributed by atoms with Crippen LogP contribution >= 0.6 is 0 Å². The first-order chi connectivity index (χ1) is 11.7. The number of likely N-dealkylation sites (tertiary alicyclic amines) is 1. The summed E-state index contributed by atoms with van der Waals surface area (Å²) in [7, 11) is 0. The van der Waals surface area contributed by atoms with Crippen molar-refractivity contribution in [1.82, 2.24) is 15.5 Å². The first-order valence-corrected chi connectivity index (χ1v) is 7.78. The van der Waals surface area contributed by atoms with E-state index in [-0.39, 0.29) is 13.1 Å². The maximum atomic E-state index is 12.6. The molecular weight excluding hydrogens is 334 g/mol. The van der Waals surface area contributed by atoms with Crippen molar-refractivity contribution in [3.8, 4) is 0 Å². The third-order valence-corrected chi connectivity index (χ3v) is 3.80. The standard InChI is InChI=1S/C14H23N5O6/c1-7(17-11(21)6-15)12(22)18-8(5-10(16)20)13(23)19-4-2-3-9(19)14(24)25/h7-9H,2-6,15H2,1H3,(H2,16,20)(H,17,21)(H,18,22)(H,24,25). The number of amides is 4. The summed E-state index contributed by atoms with van der Waals surface area (Å²) in [6.45, 7) is 1.28. The largest absolute Gasteiger partial charge is 0.480 e. The number of primary amides is 1. The van der Waals surface area contributed by atoms with Crippen molar-refractivity contribution >= 4 is 29.6 Å². The molecule has 0 aromatic rings. The van der Waals surface area contributed by atoms with E-state index in [4.69, 9.17) is 16.6 Å². The summed E-state index contributed by atoms with van der Waals surface area (Å²) in [6, 6.07) is -3.30. The third kappa shape index (κ3) is 5.71. The Labute approximate surface area is 144 Å². The SMILES string of the molecule is CC(NC(=O)CN)C(=O)NC(CC(N)=O)C(=O)N1CCCC1C(=O)O. The van der Waals surface area contributed by atoms with Crippen LogP contribution < -0.4 is 22.1 Å². The molecule has 4 amide bonds. The van der Waals surface area contributed by atoms with Crippen molar-refractivity contribution in [3.05, 3.63) is 0 Å². The molecule has 1 rings (SSSR count). The molecule has 0 spiro atoms. The van der Waals surface area contributed by atoms with Crippen LogP contribution in [0.1, 0.15) is 26.2 Å². The molecule has 1 aliphatic rings. The number of hydrogen-bond acceptors (Lipinski definition) is 6. The average Bonchev–Trinajstić information content (AvgIpc) is 3.02. The van der Waals surface area contributed by atoms with Gasteiger partial charge in [0.15, 0.2) is 0 Å². The number of carboxylic acid groups (broad SMARTS) is 1. The molecule has 11 nitrogen and oxygen atoms in total. The van der Waals surface area contributed by atoms with Gasteiger partial charge in [0.2, 0.25) is 23.6 Å². The Morgan fingerprint density at radius 3 is 2.40 bits per heavy atom. The number of carboxylic acids is 1. The van der Waals surface area contributed by atoms with E-state index in [2.05, 4.69) is 10.6 Å². The molecule has 7 N–H and O–H groups in total. The number of nitrogens with zero attached hydrogens (tertiary/aromatic N) is 1. The quantitative estimate of drug-likeness (QED) is 0.304. The highest BCUT2D eigenvalue weighted by atomic mass is 16.4. The van der Waals surface area contributed by atoms with Crippen LogP contribution in [-0.2, 0) is 24.0 Å². The molecule has 1 fully saturated rings. The first kappa shape index (κ1) is 20.4. The van der Waals surface area contributed by atoms with Gasteiger partial charge in [0.1, 0.15) is 18.1 Å². The van der Waals surface area contributed by atoms with Crippen LogP contribution in [0.25, 0.3) is 0 Å². The maximum Gasteiger partial charge on any atom is 0.326 e. The Kier molecular flexibility index (Phi) is 7.30. The van der Waals surface area contributed by atoms with Crippen LogP contribution in [0.3, 0.4) is 0 Å². The Bertz CT molecular complexity index is 566. The number of rotatable bonds is 8. The summed E-state index contributed by atoms with van der Waals surface area (Å²) < 4.78 is 0. The topological polar surface area (TPSA) is 185 Å². The Morgan fingerprint density at radius 2 is 1.88 bits per heavy atom. The summed E-state index contributed by atoms with van der Waals surface area (Å²) >= 11 is 0. The summed E-state index contributed by atoms with van der Waals surface area (Å²) in [5, 5.41) is 13.8. The van der Waals surface area contributed by atoms with Gasteiger partial charge in [0.25, 0.3) is 0 Å². The van der Waals surface area contributed by atoms with E-state index < -0.39 is 54.1 Å². The summed E-state index contributed by atoms with van der Waals surface area (Å²) in [4.78, 5) is 59.4. The number of carbonyl (C=O) groups is 5. The Morgan fingerprint density at radius 1 is 1.24 bits per heavy atom. The fraction of sp³-hybridized carbons (Fsp3) is 0.643. The molecule has 1 aliphatic heterocycles. The Balaban J connectivity index is 2.84. The van der Waals surface area contributed by atoms with Crippen LogP contribution in [0.15, 0.2) is 0 Å². The molecule has 0 saturated carbocycles. The third-order valence-electron chi connectivity index (χ3n) is 3.80. The highest BCUT2D eigenvalue weighted by Crippen LogP contribution is 2.19. The minimum atomic E-state index is -1.30. The van der Waals surface area contributed by atoms with Gasteiger partial charge in [-0.1, -0.05) is 0 Å². The molecule has 0 aliphatic carbocycles. The summed E-state index contributed by atoms with van der Waals surface area (Å²) in [6.07, 6.45) is 0.315. The van der Waals surface area contributed by atoms with Gasteiger partial charge in [-0.15, -0.1) is 0 Å². The fourth-order valence-electron chi connectivity index (χ4n) is 2.55. The molecule has 0 bridgehead atoms. The first-order valence-electron chi connectivity index (χ1n) is 7.78. The molecule has 3 unspecified atom stereocenters. The van der Waals surface area contributed by atoms with Gasteiger partial charge in [0.05, 0.1) is 13.0 Å². The molecule has 0 aromatic carbocycles. The van der Waals surface area contributed by atoms with Crippen molar-refractivity contribution in [3.63, 3.8) is 0 Å². The lowest BCUT2D eigenvalue weighted by atomic mass is 10.1. The second kappa shape index (κ2) is 8.97. The fourth-order valence-corrected chi connectivity index (χ4v) is 2.55. The van der Waals surface area contributed by atoms with E-state index in [1.54, 1.807) is 0 Å². The van der Waals surface area contributed by atoms with E-state index in [1.165, 1.54) is 6.92 Å². The van der Waals surface area contributed by atoms with E-state index >= 15 is 0 Å². The van der Waals surface area contributed by atoms with Crippen LogP contribution in [0.4, 0.5) is 0 Å². The average molecular weight is 357 g/mol. The molecule has 140 valence electrons. The molecule has 25 heavy (non-hydrogen) atoms. The molecule has 1 saturated heterocycles. The van der Waals surface area contributed by atoms with E-state index in [1.807, 2.05) is 0 Å². The Hall–Kier alpha value is -2.69. The minimum absolute atomic E-state index is 0.209. The molecule has 0 radical (unpaired) electrons. The number of carbonyl (C=O) groups excluding carboxylic acids is 4. The smallest absolute Gasteiger partial charge is 0.326 e. The second-order valence-corrected chi connectivity index (χ2v) is 5.75. The molecule has 0 aromatic heterocycles.